The first-order chi connectivity index (χ1) is 7.16. The number of rotatable bonds is 10. The van der Waals surface area contributed by atoms with E-state index < -0.39 is 12.1 Å². The van der Waals surface area contributed by atoms with Crippen LogP contribution >= 0.6 is 0 Å². The molecule has 0 aromatic heterocycles. The van der Waals surface area contributed by atoms with Gasteiger partial charge in [0.2, 0.25) is 0 Å². The normalized spacial score (nSPS) is 12.7. The van der Waals surface area contributed by atoms with E-state index in [4.69, 9.17) is 9.84 Å². The average Bonchev–Trinajstić information content (AvgIpc) is 2.15. The summed E-state index contributed by atoms with van der Waals surface area (Å²) in [6.07, 6.45) is 1.13. The van der Waals surface area contributed by atoms with Crippen LogP contribution in [0.3, 0.4) is 0 Å². The lowest BCUT2D eigenvalue weighted by Crippen LogP contribution is -2.31. The molecule has 0 radical (unpaired) electrons. The van der Waals surface area contributed by atoms with Crippen molar-refractivity contribution in [1.29, 1.82) is 0 Å². The molecule has 0 aromatic rings. The third kappa shape index (κ3) is 11.3. The predicted octanol–water partition coefficient (Wildman–Crippen LogP) is 0.228. The molecule has 5 heteroatoms. The highest BCUT2D eigenvalue weighted by atomic mass is 16.5. The van der Waals surface area contributed by atoms with Crippen molar-refractivity contribution in [1.82, 2.24) is 5.32 Å². The van der Waals surface area contributed by atoms with Crippen LogP contribution in [0.2, 0.25) is 0 Å². The Morgan fingerprint density at radius 1 is 1.47 bits per heavy atom. The van der Waals surface area contributed by atoms with E-state index in [1.54, 1.807) is 0 Å². The number of hydrogen-bond donors (Lipinski definition) is 3. The van der Waals surface area contributed by atoms with Gasteiger partial charge >= 0.3 is 5.97 Å². The highest BCUT2D eigenvalue weighted by Crippen LogP contribution is 1.89. The summed E-state index contributed by atoms with van der Waals surface area (Å²) >= 11 is 0. The van der Waals surface area contributed by atoms with Gasteiger partial charge in [0.05, 0.1) is 19.1 Å². The molecule has 0 saturated heterocycles. The van der Waals surface area contributed by atoms with Crippen LogP contribution in [-0.4, -0.2) is 48.6 Å². The lowest BCUT2D eigenvalue weighted by atomic mass is 10.2. The van der Waals surface area contributed by atoms with Crippen molar-refractivity contribution in [2.75, 3.05) is 26.3 Å². The Kier molecular flexibility index (Phi) is 9.46. The zero-order valence-corrected chi connectivity index (χ0v) is 9.24. The van der Waals surface area contributed by atoms with Crippen LogP contribution in [0.25, 0.3) is 0 Å². The SMILES string of the molecule is CCCCOCCNCC(O)CC(=O)O. The van der Waals surface area contributed by atoms with Crippen molar-refractivity contribution in [2.24, 2.45) is 0 Å². The molecule has 0 aromatic carbocycles. The van der Waals surface area contributed by atoms with Gasteiger partial charge in [-0.25, -0.2) is 0 Å². The van der Waals surface area contributed by atoms with Crippen molar-refractivity contribution in [2.45, 2.75) is 32.3 Å². The minimum atomic E-state index is -0.983. The summed E-state index contributed by atoms with van der Waals surface area (Å²) in [5, 5.41) is 20.5. The smallest absolute Gasteiger partial charge is 0.306 e. The van der Waals surface area contributed by atoms with Crippen LogP contribution in [0.15, 0.2) is 0 Å². The van der Waals surface area contributed by atoms with Gasteiger partial charge in [-0.1, -0.05) is 13.3 Å². The Balaban J connectivity index is 3.13. The first-order valence-electron chi connectivity index (χ1n) is 5.35. The number of carboxylic acid groups (broad SMARTS) is 1. The van der Waals surface area contributed by atoms with Crippen LogP contribution < -0.4 is 5.32 Å². The van der Waals surface area contributed by atoms with E-state index in [0.29, 0.717) is 19.7 Å². The van der Waals surface area contributed by atoms with Gasteiger partial charge in [0.25, 0.3) is 0 Å². The van der Waals surface area contributed by atoms with Gasteiger partial charge < -0.3 is 20.3 Å². The standard InChI is InChI=1S/C10H21NO4/c1-2-3-5-15-6-4-11-8-9(12)7-10(13)14/h9,11-12H,2-8H2,1H3,(H,13,14). The third-order valence-corrected chi connectivity index (χ3v) is 1.86. The molecule has 0 amide bonds. The zero-order chi connectivity index (χ0) is 11.5. The van der Waals surface area contributed by atoms with Crippen LogP contribution in [0.1, 0.15) is 26.2 Å². The molecule has 0 heterocycles. The van der Waals surface area contributed by atoms with Crippen molar-refractivity contribution < 1.29 is 19.7 Å². The minimum Gasteiger partial charge on any atom is -0.481 e. The van der Waals surface area contributed by atoms with E-state index in [1.807, 2.05) is 0 Å². The van der Waals surface area contributed by atoms with Crippen molar-refractivity contribution in [3.8, 4) is 0 Å². The average molecular weight is 219 g/mol. The maximum absolute atomic E-state index is 10.2. The van der Waals surface area contributed by atoms with E-state index >= 15 is 0 Å². The number of hydrogen-bond acceptors (Lipinski definition) is 4. The van der Waals surface area contributed by atoms with Gasteiger partial charge in [0.15, 0.2) is 0 Å². The molecule has 0 spiro atoms. The molecule has 1 atom stereocenters. The molecule has 3 N–H and O–H groups in total. The third-order valence-electron chi connectivity index (χ3n) is 1.86. The van der Waals surface area contributed by atoms with E-state index in [0.717, 1.165) is 19.4 Å². The fourth-order valence-electron chi connectivity index (χ4n) is 1.04. The van der Waals surface area contributed by atoms with E-state index in [1.165, 1.54) is 0 Å². The van der Waals surface area contributed by atoms with Gasteiger partial charge in [0.1, 0.15) is 0 Å². The monoisotopic (exact) mass is 219 g/mol. The maximum atomic E-state index is 10.2. The van der Waals surface area contributed by atoms with Crippen LogP contribution in [-0.2, 0) is 9.53 Å². The Bertz CT molecular complexity index is 164. The summed E-state index contributed by atoms with van der Waals surface area (Å²) in [4.78, 5) is 10.2. The second-order valence-corrected chi connectivity index (χ2v) is 3.42. The van der Waals surface area contributed by atoms with Gasteiger partial charge in [-0.2, -0.15) is 0 Å². The van der Waals surface area contributed by atoms with Gasteiger partial charge in [-0.05, 0) is 6.42 Å². The fraction of sp³-hybridized carbons (Fsp3) is 0.900. The van der Waals surface area contributed by atoms with Crippen molar-refractivity contribution in [3.63, 3.8) is 0 Å². The summed E-state index contributed by atoms with van der Waals surface area (Å²) in [5.41, 5.74) is 0. The molecule has 0 aliphatic rings. The highest BCUT2D eigenvalue weighted by molar-refractivity contribution is 5.67. The number of aliphatic hydroxyl groups is 1. The van der Waals surface area contributed by atoms with E-state index in [2.05, 4.69) is 12.2 Å². The van der Waals surface area contributed by atoms with Crippen molar-refractivity contribution >= 4 is 5.97 Å². The topological polar surface area (TPSA) is 78.8 Å². The lowest BCUT2D eigenvalue weighted by Gasteiger charge is -2.09. The molecule has 1 unspecified atom stereocenters. The van der Waals surface area contributed by atoms with E-state index in [-0.39, 0.29) is 6.42 Å². The fourth-order valence-corrected chi connectivity index (χ4v) is 1.04. The molecule has 0 rings (SSSR count). The summed E-state index contributed by atoms with van der Waals surface area (Å²) < 4.78 is 5.28. The highest BCUT2D eigenvalue weighted by Gasteiger charge is 2.07. The number of nitrogens with one attached hydrogen (secondary N) is 1. The number of ether oxygens (including phenoxy) is 1. The Morgan fingerprint density at radius 3 is 2.80 bits per heavy atom. The molecule has 0 bridgehead atoms. The summed E-state index contributed by atoms with van der Waals surface area (Å²) in [6, 6.07) is 0. The number of aliphatic carboxylic acids is 1. The van der Waals surface area contributed by atoms with Crippen LogP contribution in [0.4, 0.5) is 0 Å². The van der Waals surface area contributed by atoms with Crippen LogP contribution in [0, 0.1) is 0 Å². The second-order valence-electron chi connectivity index (χ2n) is 3.42. The molecule has 90 valence electrons. The second kappa shape index (κ2) is 9.89. The maximum Gasteiger partial charge on any atom is 0.306 e. The lowest BCUT2D eigenvalue weighted by molar-refractivity contribution is -0.139. The summed E-state index contributed by atoms with van der Waals surface area (Å²) in [7, 11) is 0. The Hall–Kier alpha value is -0.650. The molecular weight excluding hydrogens is 198 g/mol. The molecule has 0 aliphatic heterocycles. The molecule has 0 saturated carbocycles. The quantitative estimate of drug-likeness (QED) is 0.458. The molecular formula is C10H21NO4. The molecule has 0 fully saturated rings. The first-order valence-corrected chi connectivity index (χ1v) is 5.35. The minimum absolute atomic E-state index is 0.219. The molecule has 5 nitrogen and oxygen atoms in total. The van der Waals surface area contributed by atoms with Crippen LogP contribution in [0.5, 0.6) is 0 Å². The number of carboxylic acids is 1. The summed E-state index contributed by atoms with van der Waals surface area (Å²) in [6.45, 7) is 4.39. The Labute approximate surface area is 90.4 Å². The number of aliphatic hydroxyl groups excluding tert-OH is 1. The first kappa shape index (κ1) is 14.3. The van der Waals surface area contributed by atoms with Gasteiger partial charge in [-0.3, -0.25) is 4.79 Å². The van der Waals surface area contributed by atoms with E-state index in [9.17, 15) is 9.90 Å². The Morgan fingerprint density at radius 2 is 2.20 bits per heavy atom. The number of unbranched alkanes of at least 4 members (excludes halogenated alkanes) is 1. The predicted molar refractivity (Wildman–Crippen MR) is 56.9 cm³/mol. The number of carbonyl (C=O) groups is 1. The molecule has 0 aliphatic carbocycles. The van der Waals surface area contributed by atoms with Crippen molar-refractivity contribution in [3.05, 3.63) is 0 Å². The van der Waals surface area contributed by atoms with Gasteiger partial charge in [0, 0.05) is 19.7 Å². The molecule has 15 heavy (non-hydrogen) atoms. The zero-order valence-electron chi connectivity index (χ0n) is 9.24. The van der Waals surface area contributed by atoms with Gasteiger partial charge in [-0.15, -0.1) is 0 Å². The summed E-state index contributed by atoms with van der Waals surface area (Å²) in [5.74, 6) is -0.983. The largest absolute Gasteiger partial charge is 0.481 e.